The monoisotopic (exact) mass is 320 g/mol. The molecule has 0 aliphatic heterocycles. The summed E-state index contributed by atoms with van der Waals surface area (Å²) < 4.78 is 7.47. The molecule has 24 heavy (non-hydrogen) atoms. The van der Waals surface area contributed by atoms with Crippen LogP contribution >= 0.6 is 0 Å². The van der Waals surface area contributed by atoms with Crippen molar-refractivity contribution in [3.63, 3.8) is 0 Å². The molecule has 0 saturated carbocycles. The first-order valence-electron chi connectivity index (χ1n) is 7.96. The van der Waals surface area contributed by atoms with Gasteiger partial charge in [-0.2, -0.15) is 5.26 Å². The topological polar surface area (TPSA) is 76.9 Å². The lowest BCUT2D eigenvalue weighted by molar-refractivity contribution is 0.288. The average Bonchev–Trinajstić information content (AvgIpc) is 2.87. The molecule has 0 fully saturated rings. The van der Waals surface area contributed by atoms with Gasteiger partial charge >= 0.3 is 0 Å². The summed E-state index contributed by atoms with van der Waals surface area (Å²) in [6.45, 7) is 5.14. The van der Waals surface area contributed by atoms with Gasteiger partial charge in [-0.05, 0) is 22.3 Å². The van der Waals surface area contributed by atoms with Gasteiger partial charge in [-0.3, -0.25) is 0 Å². The highest BCUT2D eigenvalue weighted by Gasteiger charge is 2.17. The molecule has 0 atom stereocenters. The highest BCUT2D eigenvalue weighted by molar-refractivity contribution is 5.85. The summed E-state index contributed by atoms with van der Waals surface area (Å²) in [4.78, 5) is 0. The SMILES string of the molecule is CC(C)Cn1nc(OCc2cccc3ccccc23)c(C#N)c1N. The van der Waals surface area contributed by atoms with Gasteiger partial charge < -0.3 is 10.5 Å². The fraction of sp³-hybridized carbons (Fsp3) is 0.263. The van der Waals surface area contributed by atoms with E-state index in [1.165, 1.54) is 0 Å². The van der Waals surface area contributed by atoms with E-state index >= 15 is 0 Å². The van der Waals surface area contributed by atoms with Crippen molar-refractivity contribution < 1.29 is 4.74 Å². The van der Waals surface area contributed by atoms with Crippen molar-refractivity contribution in [1.29, 1.82) is 5.26 Å². The molecule has 0 spiro atoms. The van der Waals surface area contributed by atoms with Crippen LogP contribution in [0.1, 0.15) is 25.0 Å². The second-order valence-corrected chi connectivity index (χ2v) is 6.18. The molecule has 3 rings (SSSR count). The number of fused-ring (bicyclic) bond motifs is 1. The summed E-state index contributed by atoms with van der Waals surface area (Å²) in [5.74, 6) is 1.03. The Labute approximate surface area is 141 Å². The summed E-state index contributed by atoms with van der Waals surface area (Å²) in [6, 6.07) is 16.3. The number of hydrogen-bond donors (Lipinski definition) is 1. The minimum atomic E-state index is 0.295. The van der Waals surface area contributed by atoms with Crippen LogP contribution in [-0.4, -0.2) is 9.78 Å². The van der Waals surface area contributed by atoms with Gasteiger partial charge in [0.15, 0.2) is 5.56 Å². The van der Waals surface area contributed by atoms with Gasteiger partial charge in [-0.25, -0.2) is 4.68 Å². The number of nitrogen functional groups attached to an aromatic ring is 1. The quantitative estimate of drug-likeness (QED) is 0.777. The molecule has 5 heteroatoms. The number of aromatic nitrogens is 2. The van der Waals surface area contributed by atoms with E-state index in [4.69, 9.17) is 10.5 Å². The maximum absolute atomic E-state index is 9.35. The van der Waals surface area contributed by atoms with Crippen molar-refractivity contribution in [2.24, 2.45) is 5.92 Å². The van der Waals surface area contributed by atoms with Crippen molar-refractivity contribution in [3.8, 4) is 11.9 Å². The fourth-order valence-corrected chi connectivity index (χ4v) is 2.71. The van der Waals surface area contributed by atoms with Gasteiger partial charge in [0.1, 0.15) is 18.5 Å². The summed E-state index contributed by atoms with van der Waals surface area (Å²) >= 11 is 0. The third-order valence-electron chi connectivity index (χ3n) is 3.85. The predicted molar refractivity (Wildman–Crippen MR) is 94.5 cm³/mol. The Morgan fingerprint density at radius 2 is 1.96 bits per heavy atom. The zero-order valence-electron chi connectivity index (χ0n) is 13.9. The van der Waals surface area contributed by atoms with E-state index in [0.717, 1.165) is 16.3 Å². The molecule has 0 aliphatic carbocycles. The molecule has 0 unspecified atom stereocenters. The van der Waals surface area contributed by atoms with Crippen molar-refractivity contribution in [1.82, 2.24) is 9.78 Å². The molecule has 122 valence electrons. The Bertz CT molecular complexity index is 900. The Hall–Kier alpha value is -3.00. The summed E-state index contributed by atoms with van der Waals surface area (Å²) in [7, 11) is 0. The van der Waals surface area contributed by atoms with Crippen LogP contribution in [0.15, 0.2) is 42.5 Å². The summed E-state index contributed by atoms with van der Waals surface area (Å²) in [5, 5.41) is 16.0. The maximum Gasteiger partial charge on any atom is 0.253 e. The van der Waals surface area contributed by atoms with Gasteiger partial charge in [0.25, 0.3) is 5.88 Å². The lowest BCUT2D eigenvalue weighted by atomic mass is 10.1. The molecule has 0 bridgehead atoms. The van der Waals surface area contributed by atoms with Crippen molar-refractivity contribution in [2.75, 3.05) is 5.73 Å². The zero-order valence-corrected chi connectivity index (χ0v) is 13.9. The van der Waals surface area contributed by atoms with Crippen molar-refractivity contribution in [2.45, 2.75) is 27.0 Å². The number of rotatable bonds is 5. The highest BCUT2D eigenvalue weighted by Crippen LogP contribution is 2.26. The first-order valence-corrected chi connectivity index (χ1v) is 7.96. The molecule has 1 heterocycles. The molecule has 3 aromatic rings. The Morgan fingerprint density at radius 3 is 2.71 bits per heavy atom. The Balaban J connectivity index is 1.87. The second-order valence-electron chi connectivity index (χ2n) is 6.18. The molecular formula is C19H20N4O. The number of nitrogens with zero attached hydrogens (tertiary/aromatic N) is 3. The first-order chi connectivity index (χ1) is 11.6. The predicted octanol–water partition coefficient (Wildman–Crippen LogP) is 3.73. The Morgan fingerprint density at radius 1 is 1.21 bits per heavy atom. The van der Waals surface area contributed by atoms with E-state index < -0.39 is 0 Å². The Kier molecular flexibility index (Phi) is 4.39. The van der Waals surface area contributed by atoms with Crippen LogP contribution in [0.2, 0.25) is 0 Å². The van der Waals surface area contributed by atoms with E-state index in [-0.39, 0.29) is 0 Å². The van der Waals surface area contributed by atoms with Crippen LogP contribution in [-0.2, 0) is 13.2 Å². The standard InChI is InChI=1S/C19H20N4O/c1-13(2)11-23-18(21)17(10-20)19(22-23)24-12-15-8-5-7-14-6-3-4-9-16(14)15/h3-9,13H,11-12,21H2,1-2H3. The smallest absolute Gasteiger partial charge is 0.253 e. The third-order valence-corrected chi connectivity index (χ3v) is 3.85. The van der Waals surface area contributed by atoms with Gasteiger partial charge in [0, 0.05) is 6.54 Å². The van der Waals surface area contributed by atoms with Crippen molar-refractivity contribution in [3.05, 3.63) is 53.6 Å². The van der Waals surface area contributed by atoms with Crippen LogP contribution in [0.3, 0.4) is 0 Å². The average molecular weight is 320 g/mol. The van der Waals surface area contributed by atoms with Crippen LogP contribution in [0.4, 0.5) is 5.82 Å². The van der Waals surface area contributed by atoms with E-state index in [2.05, 4.69) is 43.2 Å². The van der Waals surface area contributed by atoms with Gasteiger partial charge in [-0.1, -0.05) is 56.3 Å². The molecule has 0 amide bonds. The zero-order chi connectivity index (χ0) is 17.1. The van der Waals surface area contributed by atoms with Crippen molar-refractivity contribution >= 4 is 16.6 Å². The van der Waals surface area contributed by atoms with E-state index in [1.807, 2.05) is 24.3 Å². The van der Waals surface area contributed by atoms with E-state index in [9.17, 15) is 5.26 Å². The first kappa shape index (κ1) is 15.9. The molecule has 0 aliphatic rings. The molecule has 2 N–H and O–H groups in total. The number of ether oxygens (including phenoxy) is 1. The number of nitrogens with two attached hydrogens (primary N) is 1. The molecular weight excluding hydrogens is 300 g/mol. The fourth-order valence-electron chi connectivity index (χ4n) is 2.71. The summed E-state index contributed by atoms with van der Waals surface area (Å²) in [5.41, 5.74) is 7.37. The number of anilines is 1. The minimum Gasteiger partial charge on any atom is -0.471 e. The van der Waals surface area contributed by atoms with Gasteiger partial charge in [0.2, 0.25) is 0 Å². The lowest BCUT2D eigenvalue weighted by Crippen LogP contribution is -2.09. The molecule has 1 aromatic heterocycles. The highest BCUT2D eigenvalue weighted by atomic mass is 16.5. The lowest BCUT2D eigenvalue weighted by Gasteiger charge is -2.07. The number of nitriles is 1. The van der Waals surface area contributed by atoms with Crippen LogP contribution in [0, 0.1) is 17.2 Å². The molecule has 5 nitrogen and oxygen atoms in total. The third kappa shape index (κ3) is 3.04. The van der Waals surface area contributed by atoms with Crippen LogP contribution in [0.25, 0.3) is 10.8 Å². The largest absolute Gasteiger partial charge is 0.471 e. The summed E-state index contributed by atoms with van der Waals surface area (Å²) in [6.07, 6.45) is 0. The minimum absolute atomic E-state index is 0.295. The number of benzene rings is 2. The van der Waals surface area contributed by atoms with Gasteiger partial charge in [0.05, 0.1) is 0 Å². The normalized spacial score (nSPS) is 10.9. The second kappa shape index (κ2) is 6.63. The van der Waals surface area contributed by atoms with Crippen LogP contribution < -0.4 is 10.5 Å². The van der Waals surface area contributed by atoms with Crippen LogP contribution in [0.5, 0.6) is 5.88 Å². The van der Waals surface area contributed by atoms with E-state index in [1.54, 1.807) is 4.68 Å². The van der Waals surface area contributed by atoms with Gasteiger partial charge in [-0.15, -0.1) is 5.10 Å². The maximum atomic E-state index is 9.35. The van der Waals surface area contributed by atoms with E-state index in [0.29, 0.717) is 36.3 Å². The molecule has 0 radical (unpaired) electrons. The number of hydrogen-bond acceptors (Lipinski definition) is 4. The molecule has 0 saturated heterocycles. The molecule has 2 aromatic carbocycles.